The number of aromatic nitrogens is 3. The van der Waals surface area contributed by atoms with Crippen molar-refractivity contribution >= 4 is 5.65 Å². The summed E-state index contributed by atoms with van der Waals surface area (Å²) in [5, 5.41) is 14.2. The topological polar surface area (TPSA) is 62.9 Å². The fourth-order valence-electron chi connectivity index (χ4n) is 4.26. The Morgan fingerprint density at radius 2 is 1.72 bits per heavy atom. The predicted molar refractivity (Wildman–Crippen MR) is 125 cm³/mol. The zero-order valence-electron chi connectivity index (χ0n) is 18.2. The van der Waals surface area contributed by atoms with Crippen molar-refractivity contribution in [3.05, 3.63) is 83.7 Å². The van der Waals surface area contributed by atoms with Crippen LogP contribution < -0.4 is 4.74 Å². The largest absolute Gasteiger partial charge is 0.492 e. The molecule has 2 aromatic heterocycles. The maximum atomic E-state index is 9.46. The van der Waals surface area contributed by atoms with Crippen LogP contribution in [0.25, 0.3) is 16.9 Å². The first kappa shape index (κ1) is 20.7. The van der Waals surface area contributed by atoms with Crippen LogP contribution in [0, 0.1) is 0 Å². The van der Waals surface area contributed by atoms with Gasteiger partial charge in [0.15, 0.2) is 11.5 Å². The first-order chi connectivity index (χ1) is 15.8. The average Bonchev–Trinajstić information content (AvgIpc) is 3.49. The summed E-state index contributed by atoms with van der Waals surface area (Å²) in [5.74, 6) is 1.68. The van der Waals surface area contributed by atoms with Gasteiger partial charge in [0.2, 0.25) is 0 Å². The van der Waals surface area contributed by atoms with Crippen LogP contribution in [0.1, 0.15) is 29.8 Å². The molecule has 2 aromatic carbocycles. The molecule has 6 nitrogen and oxygen atoms in total. The van der Waals surface area contributed by atoms with Crippen LogP contribution in [0.3, 0.4) is 0 Å². The molecule has 1 aliphatic heterocycles. The molecule has 164 valence electrons. The summed E-state index contributed by atoms with van der Waals surface area (Å²) in [6.45, 7) is 4.14. The number of rotatable bonds is 8. The minimum Gasteiger partial charge on any atom is -0.492 e. The van der Waals surface area contributed by atoms with Crippen LogP contribution in [0.5, 0.6) is 5.75 Å². The number of aliphatic hydroxyl groups excluding tert-OH is 1. The summed E-state index contributed by atoms with van der Waals surface area (Å²) in [4.78, 5) is 7.17. The van der Waals surface area contributed by atoms with Crippen LogP contribution in [0.15, 0.2) is 66.7 Å². The van der Waals surface area contributed by atoms with Crippen molar-refractivity contribution < 1.29 is 9.84 Å². The molecule has 0 amide bonds. The van der Waals surface area contributed by atoms with Gasteiger partial charge in [0.05, 0.1) is 12.3 Å². The van der Waals surface area contributed by atoms with E-state index in [0.717, 1.165) is 52.8 Å². The number of fused-ring (bicyclic) bond motifs is 1. The second-order valence-electron chi connectivity index (χ2n) is 8.29. The smallest absolute Gasteiger partial charge is 0.156 e. The zero-order valence-corrected chi connectivity index (χ0v) is 18.2. The number of likely N-dealkylation sites (tertiary alicyclic amines) is 1. The highest BCUT2D eigenvalue weighted by molar-refractivity contribution is 5.63. The third-order valence-corrected chi connectivity index (χ3v) is 5.97. The molecule has 1 N–H and O–H groups in total. The summed E-state index contributed by atoms with van der Waals surface area (Å²) in [5.41, 5.74) is 4.81. The molecule has 6 heteroatoms. The van der Waals surface area contributed by atoms with E-state index in [-0.39, 0.29) is 6.61 Å². The SMILES string of the molecule is OCc1cccc(-c2cccc3nc(Cc4ccc(OCCN5CCCC5)cc4)nn23)c1. The average molecular weight is 429 g/mol. The van der Waals surface area contributed by atoms with Gasteiger partial charge in [-0.1, -0.05) is 36.4 Å². The highest BCUT2D eigenvalue weighted by Gasteiger charge is 2.12. The number of aliphatic hydroxyl groups is 1. The van der Waals surface area contributed by atoms with Crippen molar-refractivity contribution in [2.45, 2.75) is 25.9 Å². The highest BCUT2D eigenvalue weighted by atomic mass is 16.5. The molecule has 3 heterocycles. The van der Waals surface area contributed by atoms with Gasteiger partial charge in [0, 0.05) is 18.5 Å². The van der Waals surface area contributed by atoms with Gasteiger partial charge in [-0.15, -0.1) is 0 Å². The molecule has 0 atom stereocenters. The van der Waals surface area contributed by atoms with E-state index in [4.69, 9.17) is 14.8 Å². The van der Waals surface area contributed by atoms with Gasteiger partial charge < -0.3 is 9.84 Å². The van der Waals surface area contributed by atoms with E-state index in [1.54, 1.807) is 0 Å². The first-order valence-corrected chi connectivity index (χ1v) is 11.3. The molecule has 0 spiro atoms. The van der Waals surface area contributed by atoms with Gasteiger partial charge in [0.1, 0.15) is 12.4 Å². The minimum absolute atomic E-state index is 0.0182. The molecular formula is C26H28N4O2. The fourth-order valence-corrected chi connectivity index (χ4v) is 4.26. The van der Waals surface area contributed by atoms with Crippen LogP contribution in [-0.4, -0.2) is 50.8 Å². The van der Waals surface area contributed by atoms with Gasteiger partial charge in [-0.25, -0.2) is 9.50 Å². The van der Waals surface area contributed by atoms with E-state index in [1.807, 2.05) is 59.1 Å². The minimum atomic E-state index is 0.0182. The molecule has 0 unspecified atom stereocenters. The molecule has 1 fully saturated rings. The van der Waals surface area contributed by atoms with Gasteiger partial charge in [0.25, 0.3) is 0 Å². The van der Waals surface area contributed by atoms with Crippen molar-refractivity contribution in [2.75, 3.05) is 26.2 Å². The molecule has 0 bridgehead atoms. The Hall–Kier alpha value is -3.22. The van der Waals surface area contributed by atoms with Crippen molar-refractivity contribution in [1.29, 1.82) is 0 Å². The Bertz CT molecular complexity index is 1180. The Balaban J connectivity index is 1.28. The summed E-state index contributed by atoms with van der Waals surface area (Å²) in [6, 6.07) is 22.1. The quantitative estimate of drug-likeness (QED) is 0.460. The van der Waals surface area contributed by atoms with Crippen LogP contribution >= 0.6 is 0 Å². The van der Waals surface area contributed by atoms with E-state index < -0.39 is 0 Å². The number of pyridine rings is 1. The van der Waals surface area contributed by atoms with Crippen LogP contribution in [0.2, 0.25) is 0 Å². The lowest BCUT2D eigenvalue weighted by Crippen LogP contribution is -2.25. The second kappa shape index (κ2) is 9.51. The van der Waals surface area contributed by atoms with Crippen LogP contribution in [-0.2, 0) is 13.0 Å². The van der Waals surface area contributed by atoms with E-state index in [1.165, 1.54) is 25.9 Å². The Morgan fingerprint density at radius 1 is 0.906 bits per heavy atom. The normalized spacial score (nSPS) is 14.3. The number of benzene rings is 2. The zero-order chi connectivity index (χ0) is 21.8. The third-order valence-electron chi connectivity index (χ3n) is 5.97. The summed E-state index contributed by atoms with van der Waals surface area (Å²) in [6.07, 6.45) is 3.27. The standard InChI is InChI=1S/C26H28N4O2/c31-19-21-5-3-6-22(17-21)24-7-4-8-26-27-25(28-30(24)26)18-20-9-11-23(12-10-20)32-16-15-29-13-1-2-14-29/h3-12,17,31H,1-2,13-16,18-19H2. The molecular weight excluding hydrogens is 400 g/mol. The number of hydrogen-bond donors (Lipinski definition) is 1. The van der Waals surface area contributed by atoms with E-state index in [2.05, 4.69) is 17.0 Å². The lowest BCUT2D eigenvalue weighted by atomic mass is 10.1. The summed E-state index contributed by atoms with van der Waals surface area (Å²) in [7, 11) is 0. The molecule has 32 heavy (non-hydrogen) atoms. The number of ether oxygens (including phenoxy) is 1. The fraction of sp³-hybridized carbons (Fsp3) is 0.308. The maximum absolute atomic E-state index is 9.46. The molecule has 4 aromatic rings. The molecule has 1 aliphatic rings. The Morgan fingerprint density at radius 3 is 2.53 bits per heavy atom. The Labute approximate surface area is 188 Å². The van der Waals surface area contributed by atoms with Crippen molar-refractivity contribution in [1.82, 2.24) is 19.5 Å². The predicted octanol–water partition coefficient (Wildman–Crippen LogP) is 3.95. The molecule has 5 rings (SSSR count). The second-order valence-corrected chi connectivity index (χ2v) is 8.29. The van der Waals surface area contributed by atoms with E-state index >= 15 is 0 Å². The number of nitrogens with zero attached hydrogens (tertiary/aromatic N) is 4. The third kappa shape index (κ3) is 4.66. The first-order valence-electron chi connectivity index (χ1n) is 11.3. The maximum Gasteiger partial charge on any atom is 0.156 e. The van der Waals surface area contributed by atoms with Crippen molar-refractivity contribution in [3.63, 3.8) is 0 Å². The molecule has 1 saturated heterocycles. The van der Waals surface area contributed by atoms with Gasteiger partial charge >= 0.3 is 0 Å². The van der Waals surface area contributed by atoms with Gasteiger partial charge in [-0.3, -0.25) is 4.90 Å². The van der Waals surface area contributed by atoms with E-state index in [0.29, 0.717) is 6.42 Å². The van der Waals surface area contributed by atoms with Crippen LogP contribution in [0.4, 0.5) is 0 Å². The molecule has 0 saturated carbocycles. The summed E-state index contributed by atoms with van der Waals surface area (Å²) < 4.78 is 7.79. The highest BCUT2D eigenvalue weighted by Crippen LogP contribution is 2.22. The van der Waals surface area contributed by atoms with Crippen molar-refractivity contribution in [2.24, 2.45) is 0 Å². The molecule has 0 radical (unpaired) electrons. The van der Waals surface area contributed by atoms with Gasteiger partial charge in [-0.2, -0.15) is 5.10 Å². The van der Waals surface area contributed by atoms with Gasteiger partial charge in [-0.05, 0) is 67.4 Å². The monoisotopic (exact) mass is 428 g/mol. The van der Waals surface area contributed by atoms with Crippen molar-refractivity contribution in [3.8, 4) is 17.0 Å². The van der Waals surface area contributed by atoms with E-state index in [9.17, 15) is 5.11 Å². The Kier molecular flexibility index (Phi) is 6.14. The number of hydrogen-bond acceptors (Lipinski definition) is 5. The summed E-state index contributed by atoms with van der Waals surface area (Å²) >= 11 is 0. The molecule has 0 aliphatic carbocycles. The lowest BCUT2D eigenvalue weighted by molar-refractivity contribution is 0.238. The lowest BCUT2D eigenvalue weighted by Gasteiger charge is -2.14.